The van der Waals surface area contributed by atoms with E-state index in [4.69, 9.17) is 4.74 Å². The van der Waals surface area contributed by atoms with Gasteiger partial charge in [0.25, 0.3) is 5.91 Å². The van der Waals surface area contributed by atoms with Crippen molar-refractivity contribution < 1.29 is 9.53 Å². The molecule has 0 aliphatic heterocycles. The molecule has 6 heteroatoms. The number of fused-ring (bicyclic) bond motifs is 2. The molecule has 2 atom stereocenters. The van der Waals surface area contributed by atoms with Crippen molar-refractivity contribution in [1.29, 1.82) is 0 Å². The van der Waals surface area contributed by atoms with Crippen LogP contribution in [0.1, 0.15) is 40.0 Å². The van der Waals surface area contributed by atoms with Gasteiger partial charge in [-0.2, -0.15) is 5.10 Å². The molecule has 2 fully saturated rings. The Balaban J connectivity index is 1.39. The van der Waals surface area contributed by atoms with Crippen LogP contribution in [0.25, 0.3) is 5.69 Å². The summed E-state index contributed by atoms with van der Waals surface area (Å²) in [4.78, 5) is 16.3. The third kappa shape index (κ3) is 2.93. The number of hydrogen-bond donors (Lipinski definition) is 1. The molecule has 0 radical (unpaired) electrons. The molecule has 0 spiro atoms. The highest BCUT2D eigenvalue weighted by atomic mass is 16.5. The van der Waals surface area contributed by atoms with Gasteiger partial charge < -0.3 is 9.30 Å². The van der Waals surface area contributed by atoms with Crippen molar-refractivity contribution in [2.45, 2.75) is 40.0 Å². The molecule has 0 saturated heterocycles. The smallest absolute Gasteiger partial charge is 0.277 e. The third-order valence-corrected chi connectivity index (χ3v) is 6.83. The molecule has 1 N–H and O–H groups in total. The van der Waals surface area contributed by atoms with Crippen LogP contribution in [0.15, 0.2) is 48.1 Å². The van der Waals surface area contributed by atoms with Crippen LogP contribution in [0.2, 0.25) is 0 Å². The number of benzene rings is 1. The Hall–Kier alpha value is -2.63. The monoisotopic (exact) mass is 366 g/mol. The largest absolute Gasteiger partial charge is 0.482 e. The van der Waals surface area contributed by atoms with E-state index in [9.17, 15) is 4.79 Å². The number of carbonyl (C=O) groups is 1. The van der Waals surface area contributed by atoms with Crippen LogP contribution >= 0.6 is 0 Å². The normalized spacial score (nSPS) is 27.1. The Morgan fingerprint density at radius 2 is 2.19 bits per heavy atom. The lowest BCUT2D eigenvalue weighted by atomic mass is 9.70. The molecular formula is C21H26N4O2. The van der Waals surface area contributed by atoms with Gasteiger partial charge in [0.2, 0.25) is 0 Å². The van der Waals surface area contributed by atoms with Crippen molar-refractivity contribution in [3.8, 4) is 11.4 Å². The second-order valence-electron chi connectivity index (χ2n) is 8.31. The van der Waals surface area contributed by atoms with E-state index in [1.807, 2.05) is 35.0 Å². The second-order valence-corrected chi connectivity index (χ2v) is 8.31. The Kier molecular flexibility index (Phi) is 4.29. The van der Waals surface area contributed by atoms with Crippen molar-refractivity contribution >= 4 is 11.6 Å². The van der Waals surface area contributed by atoms with Crippen LogP contribution in [0, 0.1) is 16.7 Å². The number of para-hydroxylation sites is 2. The molecule has 2 aliphatic carbocycles. The van der Waals surface area contributed by atoms with Gasteiger partial charge in [-0.3, -0.25) is 4.79 Å². The van der Waals surface area contributed by atoms with Gasteiger partial charge in [0.15, 0.2) is 6.61 Å². The minimum atomic E-state index is -0.243. The number of carbonyl (C=O) groups excluding carboxylic acids is 1. The fourth-order valence-electron chi connectivity index (χ4n) is 4.60. The summed E-state index contributed by atoms with van der Waals surface area (Å²) in [7, 11) is 0. The quantitative estimate of drug-likeness (QED) is 0.823. The highest BCUT2D eigenvalue weighted by Crippen LogP contribution is 2.63. The van der Waals surface area contributed by atoms with Crippen LogP contribution in [0.3, 0.4) is 0 Å². The molecule has 2 saturated carbocycles. The summed E-state index contributed by atoms with van der Waals surface area (Å²) in [6.45, 7) is 6.85. The predicted octanol–water partition coefficient (Wildman–Crippen LogP) is 3.57. The van der Waals surface area contributed by atoms with Crippen LogP contribution in [-0.2, 0) is 4.79 Å². The number of imidazole rings is 1. The number of nitrogens with one attached hydrogen (secondary N) is 1. The van der Waals surface area contributed by atoms with Crippen LogP contribution in [0.4, 0.5) is 0 Å². The summed E-state index contributed by atoms with van der Waals surface area (Å²) in [6.07, 6.45) is 8.63. The Bertz CT molecular complexity index is 872. The minimum Gasteiger partial charge on any atom is -0.482 e. The second kappa shape index (κ2) is 6.51. The first-order chi connectivity index (χ1) is 12.9. The minimum absolute atomic E-state index is 0.0774. The van der Waals surface area contributed by atoms with E-state index in [2.05, 4.69) is 36.3 Å². The number of hydrogen-bond acceptors (Lipinski definition) is 4. The highest BCUT2D eigenvalue weighted by Gasteiger charge is 2.60. The van der Waals surface area contributed by atoms with Gasteiger partial charge in [0.05, 0.1) is 12.0 Å². The first-order valence-corrected chi connectivity index (χ1v) is 9.48. The highest BCUT2D eigenvalue weighted by molar-refractivity contribution is 5.95. The summed E-state index contributed by atoms with van der Waals surface area (Å²) in [5.41, 5.74) is 5.00. The molecule has 1 amide bonds. The third-order valence-electron chi connectivity index (χ3n) is 6.83. The zero-order valence-corrected chi connectivity index (χ0v) is 16.1. The molecular weight excluding hydrogens is 340 g/mol. The van der Waals surface area contributed by atoms with Gasteiger partial charge in [-0.15, -0.1) is 0 Å². The molecule has 4 rings (SSSR count). The molecule has 2 aromatic rings. The number of aromatic nitrogens is 2. The summed E-state index contributed by atoms with van der Waals surface area (Å²) < 4.78 is 7.59. The molecule has 2 unspecified atom stereocenters. The van der Waals surface area contributed by atoms with E-state index in [1.165, 1.54) is 6.42 Å². The van der Waals surface area contributed by atoms with E-state index in [0.29, 0.717) is 11.7 Å². The fraction of sp³-hybridized carbons (Fsp3) is 0.476. The Labute approximate surface area is 159 Å². The maximum absolute atomic E-state index is 12.3. The van der Waals surface area contributed by atoms with E-state index in [1.54, 1.807) is 12.5 Å². The van der Waals surface area contributed by atoms with Gasteiger partial charge in [-0.25, -0.2) is 10.4 Å². The first kappa shape index (κ1) is 17.8. The predicted molar refractivity (Wildman–Crippen MR) is 104 cm³/mol. The molecule has 27 heavy (non-hydrogen) atoms. The summed E-state index contributed by atoms with van der Waals surface area (Å²) in [5, 5.41) is 4.48. The molecule has 1 aromatic carbocycles. The van der Waals surface area contributed by atoms with Gasteiger partial charge in [-0.1, -0.05) is 32.9 Å². The average molecular weight is 366 g/mol. The number of nitrogens with zero attached hydrogens (tertiary/aromatic N) is 3. The zero-order chi connectivity index (χ0) is 19.1. The van der Waals surface area contributed by atoms with E-state index in [0.717, 1.165) is 24.2 Å². The number of ether oxygens (including phenoxy) is 1. The summed E-state index contributed by atoms with van der Waals surface area (Å²) >= 11 is 0. The molecule has 1 heterocycles. The SMILES string of the molecule is CC12CCC(CC1=NNC(=O)COc1ccccc1-n1ccnc1)C2(C)C. The topological polar surface area (TPSA) is 68.5 Å². The van der Waals surface area contributed by atoms with Gasteiger partial charge in [-0.05, 0) is 42.7 Å². The van der Waals surface area contributed by atoms with Crippen LogP contribution < -0.4 is 10.2 Å². The number of rotatable bonds is 5. The number of amides is 1. The molecule has 1 aromatic heterocycles. The Morgan fingerprint density at radius 3 is 2.85 bits per heavy atom. The maximum Gasteiger partial charge on any atom is 0.277 e. The zero-order valence-electron chi connectivity index (χ0n) is 16.1. The number of hydrazone groups is 1. The van der Waals surface area contributed by atoms with E-state index < -0.39 is 0 Å². The average Bonchev–Trinajstić information content (AvgIpc) is 3.31. The Morgan fingerprint density at radius 1 is 1.37 bits per heavy atom. The molecule has 2 bridgehead atoms. The van der Waals surface area contributed by atoms with Gasteiger partial charge >= 0.3 is 0 Å². The van der Waals surface area contributed by atoms with Crippen molar-refractivity contribution in [3.63, 3.8) is 0 Å². The summed E-state index contributed by atoms with van der Waals surface area (Å²) in [5.74, 6) is 1.05. The lowest BCUT2D eigenvalue weighted by Gasteiger charge is -2.34. The van der Waals surface area contributed by atoms with Gasteiger partial charge in [0.1, 0.15) is 5.75 Å². The van der Waals surface area contributed by atoms with Crippen molar-refractivity contribution in [2.75, 3.05) is 6.61 Å². The fourth-order valence-corrected chi connectivity index (χ4v) is 4.60. The first-order valence-electron chi connectivity index (χ1n) is 9.48. The van der Waals surface area contributed by atoms with Crippen LogP contribution in [-0.4, -0.2) is 27.8 Å². The van der Waals surface area contributed by atoms with E-state index in [-0.39, 0.29) is 23.3 Å². The van der Waals surface area contributed by atoms with Crippen molar-refractivity contribution in [1.82, 2.24) is 15.0 Å². The maximum atomic E-state index is 12.3. The molecule has 6 nitrogen and oxygen atoms in total. The molecule has 142 valence electrons. The van der Waals surface area contributed by atoms with Crippen molar-refractivity contribution in [3.05, 3.63) is 43.0 Å². The van der Waals surface area contributed by atoms with Gasteiger partial charge in [0, 0.05) is 23.5 Å². The lowest BCUT2D eigenvalue weighted by molar-refractivity contribution is -0.123. The van der Waals surface area contributed by atoms with Crippen molar-refractivity contribution in [2.24, 2.45) is 21.8 Å². The standard InChI is InChI=1S/C21H26N4O2/c1-20(2)15-8-9-21(20,3)18(12-15)23-24-19(26)13-27-17-7-5-4-6-16(17)25-11-10-22-14-25/h4-7,10-11,14-15H,8-9,12-13H2,1-3H3,(H,24,26). The van der Waals surface area contributed by atoms with Crippen LogP contribution in [0.5, 0.6) is 5.75 Å². The summed E-state index contributed by atoms with van der Waals surface area (Å²) in [6, 6.07) is 7.57. The van der Waals surface area contributed by atoms with E-state index >= 15 is 0 Å². The lowest BCUT2D eigenvalue weighted by Crippen LogP contribution is -2.35. The molecule has 2 aliphatic rings.